The van der Waals surface area contributed by atoms with Crippen molar-refractivity contribution in [3.8, 4) is 5.75 Å². The highest BCUT2D eigenvalue weighted by Crippen LogP contribution is 2.36. The van der Waals surface area contributed by atoms with Crippen LogP contribution >= 0.6 is 0 Å². The molecule has 4 N–H and O–H groups in total. The Morgan fingerprint density at radius 3 is 2.87 bits per heavy atom. The predicted molar refractivity (Wildman–Crippen MR) is 112 cm³/mol. The molecule has 0 aromatic heterocycles. The first-order chi connectivity index (χ1) is 14.4. The maximum absolute atomic E-state index is 13.2. The van der Waals surface area contributed by atoms with Gasteiger partial charge in [-0.1, -0.05) is 30.4 Å². The van der Waals surface area contributed by atoms with Crippen molar-refractivity contribution in [1.82, 2.24) is 5.32 Å². The number of amides is 1. The van der Waals surface area contributed by atoms with E-state index in [1.54, 1.807) is 25.3 Å². The number of hydrogen-bond acceptors (Lipinski definition) is 5. The Kier molecular flexibility index (Phi) is 10.00. The highest BCUT2D eigenvalue weighted by molar-refractivity contribution is 5.75. The van der Waals surface area contributed by atoms with Gasteiger partial charge < -0.3 is 25.4 Å². The van der Waals surface area contributed by atoms with Gasteiger partial charge in [0, 0.05) is 31.9 Å². The van der Waals surface area contributed by atoms with Crippen molar-refractivity contribution in [2.75, 3.05) is 13.7 Å². The number of carbonyl (C=O) groups is 1. The average Bonchev–Trinajstić information content (AvgIpc) is 2.99. The van der Waals surface area contributed by atoms with Gasteiger partial charge in [0.15, 0.2) is 0 Å². The Morgan fingerprint density at radius 2 is 2.13 bits per heavy atom. The van der Waals surface area contributed by atoms with Crippen LogP contribution < -0.4 is 10.1 Å². The fourth-order valence-corrected chi connectivity index (χ4v) is 3.63. The molecule has 1 fully saturated rings. The summed E-state index contributed by atoms with van der Waals surface area (Å²) in [4.78, 5) is 11.2. The molecule has 0 radical (unpaired) electrons. The Labute approximate surface area is 177 Å². The summed E-state index contributed by atoms with van der Waals surface area (Å²) < 4.78 is 18.5. The molecular formula is C23H32FNO5. The molecule has 7 heteroatoms. The van der Waals surface area contributed by atoms with Gasteiger partial charge in [0.05, 0.1) is 12.2 Å². The number of carbonyl (C=O) groups excluding carboxylic acids is 1. The first kappa shape index (κ1) is 24.1. The van der Waals surface area contributed by atoms with Crippen molar-refractivity contribution >= 4 is 5.91 Å². The zero-order valence-corrected chi connectivity index (χ0v) is 17.3. The lowest BCUT2D eigenvalue weighted by atomic mass is 9.89. The van der Waals surface area contributed by atoms with E-state index in [2.05, 4.69) is 5.32 Å². The summed E-state index contributed by atoms with van der Waals surface area (Å²) in [5.41, 5.74) is 0. The second kappa shape index (κ2) is 12.5. The number of benzene rings is 1. The van der Waals surface area contributed by atoms with E-state index < -0.39 is 24.1 Å². The Balaban J connectivity index is 1.81. The molecule has 0 bridgehead atoms. The van der Waals surface area contributed by atoms with Crippen LogP contribution in [-0.2, 0) is 4.79 Å². The highest BCUT2D eigenvalue weighted by Gasteiger charge is 2.39. The minimum Gasteiger partial charge on any atom is -0.490 e. The SMILES string of the molecule is CNC(=O)CCC/C=C\C[C@@H]1[C@@H](/C=C/[C@@H](O)COc2cccc(F)c2)[C@H](O)C[C@@H]1O. The lowest BCUT2D eigenvalue weighted by molar-refractivity contribution is -0.120. The lowest BCUT2D eigenvalue weighted by Crippen LogP contribution is -2.21. The molecule has 5 atom stereocenters. The Hall–Kier alpha value is -2.22. The largest absolute Gasteiger partial charge is 0.490 e. The molecule has 1 aliphatic rings. The van der Waals surface area contributed by atoms with Gasteiger partial charge in [0.25, 0.3) is 0 Å². The van der Waals surface area contributed by atoms with Gasteiger partial charge in [-0.3, -0.25) is 4.79 Å². The van der Waals surface area contributed by atoms with Gasteiger partial charge in [0.1, 0.15) is 24.3 Å². The summed E-state index contributed by atoms with van der Waals surface area (Å²) in [6.07, 6.45) is 7.92. The average molecular weight is 422 g/mol. The second-order valence-corrected chi connectivity index (χ2v) is 7.60. The van der Waals surface area contributed by atoms with Crippen molar-refractivity contribution in [3.05, 3.63) is 54.4 Å². The predicted octanol–water partition coefficient (Wildman–Crippen LogP) is 2.34. The third kappa shape index (κ3) is 7.89. The molecule has 1 saturated carbocycles. The van der Waals surface area contributed by atoms with E-state index in [4.69, 9.17) is 4.74 Å². The van der Waals surface area contributed by atoms with Crippen LogP contribution in [0.1, 0.15) is 32.1 Å². The van der Waals surface area contributed by atoms with E-state index in [0.29, 0.717) is 25.0 Å². The number of nitrogens with one attached hydrogen (secondary N) is 1. The van der Waals surface area contributed by atoms with Gasteiger partial charge in [-0.2, -0.15) is 0 Å². The number of halogens is 1. The first-order valence-corrected chi connectivity index (χ1v) is 10.4. The number of hydrogen-bond donors (Lipinski definition) is 4. The van der Waals surface area contributed by atoms with Crippen molar-refractivity contribution in [2.45, 2.75) is 50.4 Å². The number of allylic oxidation sites excluding steroid dienone is 2. The molecular weight excluding hydrogens is 389 g/mol. The molecule has 2 rings (SSSR count). The molecule has 0 unspecified atom stereocenters. The number of aliphatic hydroxyl groups is 3. The first-order valence-electron chi connectivity index (χ1n) is 10.4. The van der Waals surface area contributed by atoms with E-state index in [1.807, 2.05) is 12.2 Å². The topological polar surface area (TPSA) is 99.0 Å². The molecule has 1 aromatic carbocycles. The Bertz CT molecular complexity index is 723. The van der Waals surface area contributed by atoms with Crippen LogP contribution in [0.4, 0.5) is 4.39 Å². The molecule has 0 heterocycles. The molecule has 1 aromatic rings. The van der Waals surface area contributed by atoms with Gasteiger partial charge in [-0.15, -0.1) is 0 Å². The highest BCUT2D eigenvalue weighted by atomic mass is 19.1. The van der Waals surface area contributed by atoms with Crippen LogP contribution in [0.2, 0.25) is 0 Å². The molecule has 0 aliphatic heterocycles. The van der Waals surface area contributed by atoms with E-state index >= 15 is 0 Å². The van der Waals surface area contributed by atoms with E-state index in [0.717, 1.165) is 12.8 Å². The quantitative estimate of drug-likeness (QED) is 0.325. The molecule has 0 saturated heterocycles. The Morgan fingerprint density at radius 1 is 1.33 bits per heavy atom. The van der Waals surface area contributed by atoms with Gasteiger partial charge >= 0.3 is 0 Å². The smallest absolute Gasteiger partial charge is 0.219 e. The minimum atomic E-state index is -0.917. The second-order valence-electron chi connectivity index (χ2n) is 7.60. The van der Waals surface area contributed by atoms with E-state index in [-0.39, 0.29) is 24.3 Å². The zero-order valence-electron chi connectivity index (χ0n) is 17.3. The summed E-state index contributed by atoms with van der Waals surface area (Å²) >= 11 is 0. The number of rotatable bonds is 11. The van der Waals surface area contributed by atoms with Crippen molar-refractivity contribution in [1.29, 1.82) is 0 Å². The summed E-state index contributed by atoms with van der Waals surface area (Å²) in [7, 11) is 1.61. The van der Waals surface area contributed by atoms with Crippen molar-refractivity contribution in [3.63, 3.8) is 0 Å². The molecule has 30 heavy (non-hydrogen) atoms. The zero-order chi connectivity index (χ0) is 21.9. The molecule has 1 amide bonds. The summed E-state index contributed by atoms with van der Waals surface area (Å²) in [6, 6.07) is 5.69. The summed E-state index contributed by atoms with van der Waals surface area (Å²) in [5.74, 6) is -0.492. The normalized spacial score (nSPS) is 25.1. The van der Waals surface area contributed by atoms with Crippen LogP contribution in [0.5, 0.6) is 5.75 Å². The van der Waals surface area contributed by atoms with Gasteiger partial charge in [-0.25, -0.2) is 4.39 Å². The number of aliphatic hydroxyl groups excluding tert-OH is 3. The maximum atomic E-state index is 13.2. The molecule has 0 spiro atoms. The number of ether oxygens (including phenoxy) is 1. The van der Waals surface area contributed by atoms with Crippen LogP contribution in [0, 0.1) is 17.7 Å². The maximum Gasteiger partial charge on any atom is 0.219 e. The fraction of sp³-hybridized carbons (Fsp3) is 0.522. The van der Waals surface area contributed by atoms with E-state index in [9.17, 15) is 24.5 Å². The molecule has 166 valence electrons. The van der Waals surface area contributed by atoms with Gasteiger partial charge in [-0.05, 0) is 37.3 Å². The minimum absolute atomic E-state index is 0.0166. The van der Waals surface area contributed by atoms with Crippen LogP contribution in [0.15, 0.2) is 48.6 Å². The monoisotopic (exact) mass is 421 g/mol. The fourth-order valence-electron chi connectivity index (χ4n) is 3.63. The van der Waals surface area contributed by atoms with Crippen molar-refractivity contribution in [2.24, 2.45) is 11.8 Å². The third-order valence-corrected chi connectivity index (χ3v) is 5.32. The summed E-state index contributed by atoms with van der Waals surface area (Å²) in [6.45, 7) is -0.0404. The van der Waals surface area contributed by atoms with E-state index in [1.165, 1.54) is 18.2 Å². The molecule has 1 aliphatic carbocycles. The van der Waals surface area contributed by atoms with Crippen LogP contribution in [0.25, 0.3) is 0 Å². The lowest BCUT2D eigenvalue weighted by Gasteiger charge is -2.19. The van der Waals surface area contributed by atoms with Crippen LogP contribution in [-0.4, -0.2) is 53.2 Å². The molecule has 6 nitrogen and oxygen atoms in total. The van der Waals surface area contributed by atoms with Gasteiger partial charge in [0.2, 0.25) is 5.91 Å². The number of unbranched alkanes of at least 4 members (excludes halogenated alkanes) is 1. The van der Waals surface area contributed by atoms with Crippen LogP contribution in [0.3, 0.4) is 0 Å². The van der Waals surface area contributed by atoms with Crippen molar-refractivity contribution < 1.29 is 29.2 Å². The standard InChI is InChI=1S/C23H32FNO5/c1-25-23(29)10-5-3-2-4-9-19-20(22(28)14-21(19)27)12-11-17(26)15-30-18-8-6-7-16(24)13-18/h2,4,6-8,11-13,17,19-22,26-28H,3,5,9-10,14-15H2,1H3,(H,25,29)/b4-2-,12-11+/t17-,19-,20-,21+,22-/m1/s1. The summed E-state index contributed by atoms with van der Waals surface area (Å²) in [5, 5.41) is 33.3. The third-order valence-electron chi connectivity index (χ3n) is 5.32.